The van der Waals surface area contributed by atoms with Crippen molar-refractivity contribution in [2.24, 2.45) is 0 Å². The lowest BCUT2D eigenvalue weighted by Gasteiger charge is -2.29. The number of hydrogen-bond donors (Lipinski definition) is 1. The van der Waals surface area contributed by atoms with Crippen LogP contribution in [0.2, 0.25) is 5.02 Å². The molecule has 0 radical (unpaired) electrons. The molecule has 8 heteroatoms. The molecular weight excluding hydrogens is 465 g/mol. The van der Waals surface area contributed by atoms with Crippen molar-refractivity contribution in [2.75, 3.05) is 58.3 Å². The lowest BCUT2D eigenvalue weighted by molar-refractivity contribution is 0.264. The Balaban J connectivity index is 1.65. The van der Waals surface area contributed by atoms with Gasteiger partial charge < -0.3 is 19.9 Å². The van der Waals surface area contributed by atoms with Gasteiger partial charge in [-0.1, -0.05) is 54.1 Å². The van der Waals surface area contributed by atoms with E-state index in [4.69, 9.17) is 21.3 Å². The molecule has 1 aliphatic rings. The van der Waals surface area contributed by atoms with Crippen molar-refractivity contribution >= 4 is 39.1 Å². The van der Waals surface area contributed by atoms with Gasteiger partial charge in [0.15, 0.2) is 5.82 Å². The van der Waals surface area contributed by atoms with E-state index in [0.717, 1.165) is 55.5 Å². The summed E-state index contributed by atoms with van der Waals surface area (Å²) >= 11 is 6.76. The number of fused-ring (bicyclic) bond motifs is 2. The molecule has 1 aliphatic heterocycles. The third-order valence-corrected chi connectivity index (χ3v) is 6.60. The minimum absolute atomic E-state index is 0.190. The molecule has 4 aromatic rings. The molecule has 1 aromatic heterocycles. The molecule has 1 saturated heterocycles. The van der Waals surface area contributed by atoms with Gasteiger partial charge in [-0.25, -0.2) is 4.39 Å². The highest BCUT2D eigenvalue weighted by Crippen LogP contribution is 2.41. The first-order valence-corrected chi connectivity index (χ1v) is 12.3. The van der Waals surface area contributed by atoms with Gasteiger partial charge in [-0.05, 0) is 42.9 Å². The maximum absolute atomic E-state index is 16.3. The van der Waals surface area contributed by atoms with E-state index in [2.05, 4.69) is 20.1 Å². The van der Waals surface area contributed by atoms with E-state index < -0.39 is 5.82 Å². The fourth-order valence-corrected chi connectivity index (χ4v) is 4.87. The van der Waals surface area contributed by atoms with Crippen LogP contribution in [0.15, 0.2) is 48.5 Å². The van der Waals surface area contributed by atoms with Gasteiger partial charge in [-0.3, -0.25) is 0 Å². The minimum atomic E-state index is -0.458. The topological polar surface area (TPSA) is 53.5 Å². The van der Waals surface area contributed by atoms with Crippen molar-refractivity contribution in [3.05, 3.63) is 59.4 Å². The number of benzene rings is 3. The summed E-state index contributed by atoms with van der Waals surface area (Å²) in [5, 5.41) is 6.24. The number of anilines is 1. The molecule has 2 heterocycles. The first-order valence-electron chi connectivity index (χ1n) is 11.9. The third kappa shape index (κ3) is 4.89. The van der Waals surface area contributed by atoms with Crippen LogP contribution in [0.4, 0.5) is 10.2 Å². The van der Waals surface area contributed by atoms with Crippen molar-refractivity contribution < 1.29 is 9.13 Å². The fourth-order valence-electron chi connectivity index (χ4n) is 4.58. The largest absolute Gasteiger partial charge is 0.463 e. The number of piperazine rings is 1. The van der Waals surface area contributed by atoms with Crippen LogP contribution in [0.5, 0.6) is 6.01 Å². The van der Waals surface area contributed by atoms with Crippen LogP contribution >= 0.6 is 11.6 Å². The van der Waals surface area contributed by atoms with Crippen LogP contribution in [0, 0.1) is 5.82 Å². The molecule has 1 N–H and O–H groups in total. The maximum Gasteiger partial charge on any atom is 0.319 e. The van der Waals surface area contributed by atoms with E-state index in [1.165, 1.54) is 0 Å². The van der Waals surface area contributed by atoms with Gasteiger partial charge in [0.05, 0.1) is 11.6 Å². The van der Waals surface area contributed by atoms with Crippen molar-refractivity contribution in [1.29, 1.82) is 0 Å². The summed E-state index contributed by atoms with van der Waals surface area (Å²) in [6, 6.07) is 15.7. The summed E-state index contributed by atoms with van der Waals surface area (Å²) < 4.78 is 22.2. The molecule has 0 bridgehead atoms. The molecule has 3 aromatic carbocycles. The monoisotopic (exact) mass is 493 g/mol. The molecule has 5 rings (SSSR count). The Labute approximate surface area is 209 Å². The smallest absolute Gasteiger partial charge is 0.319 e. The van der Waals surface area contributed by atoms with Crippen molar-refractivity contribution in [2.45, 2.75) is 6.42 Å². The summed E-state index contributed by atoms with van der Waals surface area (Å²) in [6.45, 7) is 4.51. The molecule has 0 amide bonds. The summed E-state index contributed by atoms with van der Waals surface area (Å²) in [5.41, 5.74) is 1.31. The number of rotatable bonds is 7. The zero-order valence-corrected chi connectivity index (χ0v) is 20.8. The first-order chi connectivity index (χ1) is 17.0. The summed E-state index contributed by atoms with van der Waals surface area (Å²) in [5.74, 6) is 0.199. The van der Waals surface area contributed by atoms with Gasteiger partial charge in [0.1, 0.15) is 11.3 Å². The van der Waals surface area contributed by atoms with E-state index in [9.17, 15) is 0 Å². The number of aromatic nitrogens is 2. The number of ether oxygens (including phenoxy) is 1. The normalized spacial score (nSPS) is 14.3. The van der Waals surface area contributed by atoms with Crippen molar-refractivity contribution in [1.82, 2.24) is 20.2 Å². The van der Waals surface area contributed by atoms with Crippen molar-refractivity contribution in [3.8, 4) is 17.1 Å². The Morgan fingerprint density at radius 3 is 2.63 bits per heavy atom. The highest BCUT2D eigenvalue weighted by Gasteiger charge is 2.24. The quantitative estimate of drug-likeness (QED) is 0.366. The van der Waals surface area contributed by atoms with Crippen LogP contribution in [0.25, 0.3) is 32.8 Å². The number of hydrogen-bond acceptors (Lipinski definition) is 6. The molecule has 182 valence electrons. The van der Waals surface area contributed by atoms with Gasteiger partial charge in [-0.15, -0.1) is 0 Å². The molecule has 0 unspecified atom stereocenters. The molecule has 6 nitrogen and oxygen atoms in total. The summed E-state index contributed by atoms with van der Waals surface area (Å²) in [6.07, 6.45) is 0.821. The average Bonchev–Trinajstić information content (AvgIpc) is 2.87. The van der Waals surface area contributed by atoms with E-state index in [1.807, 2.05) is 56.6 Å². The van der Waals surface area contributed by atoms with Gasteiger partial charge in [0.2, 0.25) is 0 Å². The van der Waals surface area contributed by atoms with E-state index >= 15 is 4.39 Å². The molecule has 0 aliphatic carbocycles. The zero-order valence-electron chi connectivity index (χ0n) is 20.0. The van der Waals surface area contributed by atoms with Crippen LogP contribution in [0.3, 0.4) is 0 Å². The minimum Gasteiger partial charge on any atom is -0.463 e. The van der Waals surface area contributed by atoms with E-state index in [1.54, 1.807) is 6.07 Å². The van der Waals surface area contributed by atoms with Gasteiger partial charge in [0.25, 0.3) is 0 Å². The fraction of sp³-hybridized carbons (Fsp3) is 0.333. The molecule has 1 fully saturated rings. The second-order valence-electron chi connectivity index (χ2n) is 9.04. The van der Waals surface area contributed by atoms with E-state index in [0.29, 0.717) is 28.4 Å². The predicted octanol–water partition coefficient (Wildman–Crippen LogP) is 4.98. The maximum atomic E-state index is 16.3. The van der Waals surface area contributed by atoms with Gasteiger partial charge in [0, 0.05) is 43.7 Å². The number of nitrogens with one attached hydrogen (secondary N) is 1. The van der Waals surface area contributed by atoms with Crippen molar-refractivity contribution in [3.63, 3.8) is 0 Å². The third-order valence-electron chi connectivity index (χ3n) is 6.30. The number of halogens is 2. The zero-order chi connectivity index (χ0) is 24.4. The molecule has 35 heavy (non-hydrogen) atoms. The van der Waals surface area contributed by atoms with Gasteiger partial charge in [-0.2, -0.15) is 9.97 Å². The Hall–Kier alpha value is -3.00. The predicted molar refractivity (Wildman–Crippen MR) is 141 cm³/mol. The van der Waals surface area contributed by atoms with Crippen LogP contribution in [-0.2, 0) is 0 Å². The molecule has 0 spiro atoms. The standard InChI is InChI=1S/C27H29ClFN5O/c1-33(2)13-6-16-35-27-31-25-21(26(32-27)34-14-11-30-12-15-34)17-22(28)23(24(25)29)20-10-5-8-18-7-3-4-9-19(18)20/h3-5,7-10,17,30H,6,11-16H2,1-2H3. The Bertz CT molecular complexity index is 1350. The highest BCUT2D eigenvalue weighted by molar-refractivity contribution is 6.35. The van der Waals surface area contributed by atoms with Gasteiger partial charge >= 0.3 is 6.01 Å². The molecule has 0 saturated carbocycles. The summed E-state index contributed by atoms with van der Waals surface area (Å²) in [7, 11) is 4.03. The second-order valence-corrected chi connectivity index (χ2v) is 9.45. The SMILES string of the molecule is CN(C)CCCOc1nc(N2CCNCC2)c2cc(Cl)c(-c3cccc4ccccc34)c(F)c2n1. The van der Waals surface area contributed by atoms with E-state index in [-0.39, 0.29) is 11.5 Å². The molecule has 0 atom stereocenters. The van der Waals surface area contributed by atoms with Crippen LogP contribution in [0.1, 0.15) is 6.42 Å². The summed E-state index contributed by atoms with van der Waals surface area (Å²) in [4.78, 5) is 13.5. The lowest BCUT2D eigenvalue weighted by Crippen LogP contribution is -2.44. The van der Waals surface area contributed by atoms with Crippen LogP contribution < -0.4 is 15.0 Å². The van der Waals surface area contributed by atoms with Crippen LogP contribution in [-0.4, -0.2) is 68.3 Å². The average molecular weight is 494 g/mol. The molecular formula is C27H29ClFN5O. The second kappa shape index (κ2) is 10.3. The Morgan fingerprint density at radius 2 is 1.83 bits per heavy atom. The Kier molecular flexibility index (Phi) is 7.00. The number of nitrogens with zero attached hydrogens (tertiary/aromatic N) is 4. The lowest BCUT2D eigenvalue weighted by atomic mass is 9.96. The Morgan fingerprint density at radius 1 is 1.06 bits per heavy atom. The first kappa shape index (κ1) is 23.7. The highest BCUT2D eigenvalue weighted by atomic mass is 35.5.